The van der Waals surface area contributed by atoms with Gasteiger partial charge in [0.1, 0.15) is 17.3 Å². The van der Waals surface area contributed by atoms with E-state index < -0.39 is 11.6 Å². The molecule has 0 saturated heterocycles. The Morgan fingerprint density at radius 1 is 1.18 bits per heavy atom. The first kappa shape index (κ1) is 13.9. The summed E-state index contributed by atoms with van der Waals surface area (Å²) in [4.78, 5) is 0. The predicted octanol–water partition coefficient (Wildman–Crippen LogP) is 3.18. The van der Waals surface area contributed by atoms with Crippen LogP contribution in [0, 0.1) is 17.0 Å². The third kappa shape index (κ3) is 3.16. The molecule has 1 aromatic rings. The molecule has 0 bridgehead atoms. The normalized spacial score (nSPS) is 11.6. The van der Waals surface area contributed by atoms with Gasteiger partial charge < -0.3 is 10.4 Å². The molecule has 0 aliphatic rings. The number of aliphatic hydroxyl groups is 1. The molecule has 0 spiro atoms. The molecule has 2 N–H and O–H groups in total. The van der Waals surface area contributed by atoms with Crippen LogP contribution in [0.5, 0.6) is 0 Å². The molecular formula is C13H19F2NO. The van der Waals surface area contributed by atoms with Gasteiger partial charge in [0.15, 0.2) is 0 Å². The summed E-state index contributed by atoms with van der Waals surface area (Å²) in [6.07, 6.45) is 1.51. The average Bonchev–Trinajstić information content (AvgIpc) is 2.34. The number of aliphatic hydroxyl groups excluding tert-OH is 1. The standard InChI is InChI=1S/C13H19F2NO/c1-3-13(4-2,9-17)8-16-12-10(14)6-5-7-11(12)15/h5-7,16-17H,3-4,8-9H2,1-2H3. The van der Waals surface area contributed by atoms with Crippen LogP contribution in [0.2, 0.25) is 0 Å². The number of halogens is 2. The van der Waals surface area contributed by atoms with Gasteiger partial charge in [0.2, 0.25) is 0 Å². The van der Waals surface area contributed by atoms with E-state index in [2.05, 4.69) is 5.32 Å². The lowest BCUT2D eigenvalue weighted by molar-refractivity contribution is 0.127. The van der Waals surface area contributed by atoms with Crippen LogP contribution in [0.3, 0.4) is 0 Å². The summed E-state index contributed by atoms with van der Waals surface area (Å²) >= 11 is 0. The number of rotatable bonds is 6. The van der Waals surface area contributed by atoms with Crippen LogP contribution in [0.15, 0.2) is 18.2 Å². The van der Waals surface area contributed by atoms with Crippen LogP contribution in [-0.4, -0.2) is 18.3 Å². The SMILES string of the molecule is CCC(CC)(CO)CNc1c(F)cccc1F. The molecule has 0 fully saturated rings. The summed E-state index contributed by atoms with van der Waals surface area (Å²) in [6.45, 7) is 4.27. The predicted molar refractivity (Wildman–Crippen MR) is 64.9 cm³/mol. The lowest BCUT2D eigenvalue weighted by Gasteiger charge is -2.30. The Hall–Kier alpha value is -1.16. The minimum absolute atomic E-state index is 0.00305. The Morgan fingerprint density at radius 2 is 1.71 bits per heavy atom. The highest BCUT2D eigenvalue weighted by molar-refractivity contribution is 5.46. The maximum Gasteiger partial charge on any atom is 0.149 e. The molecular weight excluding hydrogens is 224 g/mol. The van der Waals surface area contributed by atoms with E-state index >= 15 is 0 Å². The fourth-order valence-electron chi connectivity index (χ4n) is 1.72. The fourth-order valence-corrected chi connectivity index (χ4v) is 1.72. The molecule has 1 rings (SSSR count). The lowest BCUT2D eigenvalue weighted by Crippen LogP contribution is -2.32. The van der Waals surface area contributed by atoms with Gasteiger partial charge in [0.25, 0.3) is 0 Å². The highest BCUT2D eigenvalue weighted by Crippen LogP contribution is 2.27. The summed E-state index contributed by atoms with van der Waals surface area (Å²) in [5.74, 6) is -1.21. The minimum atomic E-state index is -0.607. The van der Waals surface area contributed by atoms with Gasteiger partial charge in [-0.3, -0.25) is 0 Å². The topological polar surface area (TPSA) is 32.3 Å². The smallest absolute Gasteiger partial charge is 0.149 e. The molecule has 1 aromatic carbocycles. The van der Waals surface area contributed by atoms with Crippen LogP contribution in [0.1, 0.15) is 26.7 Å². The average molecular weight is 243 g/mol. The Kier molecular flexibility index (Phi) is 4.87. The number of hydrogen-bond acceptors (Lipinski definition) is 2. The van der Waals surface area contributed by atoms with Crippen LogP contribution in [-0.2, 0) is 0 Å². The molecule has 2 nitrogen and oxygen atoms in total. The molecule has 0 aliphatic heterocycles. The van der Waals surface area contributed by atoms with Crippen molar-refractivity contribution in [2.24, 2.45) is 5.41 Å². The summed E-state index contributed by atoms with van der Waals surface area (Å²) < 4.78 is 26.7. The van der Waals surface area contributed by atoms with E-state index in [1.807, 2.05) is 13.8 Å². The van der Waals surface area contributed by atoms with Gasteiger partial charge in [0, 0.05) is 12.0 Å². The summed E-state index contributed by atoms with van der Waals surface area (Å²) in [7, 11) is 0. The van der Waals surface area contributed by atoms with E-state index in [1.165, 1.54) is 18.2 Å². The van der Waals surface area contributed by atoms with Crippen LogP contribution >= 0.6 is 0 Å². The highest BCUT2D eigenvalue weighted by atomic mass is 19.1. The molecule has 0 saturated carbocycles. The Bertz CT molecular complexity index is 336. The first-order valence-electron chi connectivity index (χ1n) is 5.87. The molecule has 0 aromatic heterocycles. The van der Waals surface area contributed by atoms with Gasteiger partial charge in [0.05, 0.1) is 6.61 Å². The third-order valence-corrected chi connectivity index (χ3v) is 3.44. The monoisotopic (exact) mass is 243 g/mol. The van der Waals surface area contributed by atoms with Gasteiger partial charge in [-0.05, 0) is 25.0 Å². The second kappa shape index (κ2) is 5.96. The van der Waals surface area contributed by atoms with Crippen molar-refractivity contribution in [2.45, 2.75) is 26.7 Å². The molecule has 17 heavy (non-hydrogen) atoms. The van der Waals surface area contributed by atoms with Crippen molar-refractivity contribution < 1.29 is 13.9 Å². The van der Waals surface area contributed by atoms with E-state index in [0.717, 1.165) is 12.8 Å². The van der Waals surface area contributed by atoms with Crippen molar-refractivity contribution >= 4 is 5.69 Å². The second-order valence-corrected chi connectivity index (χ2v) is 4.32. The second-order valence-electron chi connectivity index (χ2n) is 4.32. The maximum atomic E-state index is 13.4. The molecule has 0 unspecified atom stereocenters. The largest absolute Gasteiger partial charge is 0.396 e. The van der Waals surface area contributed by atoms with E-state index in [4.69, 9.17) is 0 Å². The zero-order chi connectivity index (χ0) is 12.9. The quantitative estimate of drug-likeness (QED) is 0.804. The summed E-state index contributed by atoms with van der Waals surface area (Å²) in [6, 6.07) is 3.75. The molecule has 96 valence electrons. The summed E-state index contributed by atoms with van der Waals surface area (Å²) in [5.41, 5.74) is -0.443. The number of hydrogen-bond donors (Lipinski definition) is 2. The Labute approximate surface area is 101 Å². The fraction of sp³-hybridized carbons (Fsp3) is 0.538. The molecule has 0 amide bonds. The summed E-state index contributed by atoms with van der Waals surface area (Å²) in [5, 5.41) is 12.1. The minimum Gasteiger partial charge on any atom is -0.396 e. The molecule has 0 radical (unpaired) electrons. The highest BCUT2D eigenvalue weighted by Gasteiger charge is 2.25. The molecule has 0 atom stereocenters. The van der Waals surface area contributed by atoms with E-state index in [-0.39, 0.29) is 17.7 Å². The van der Waals surface area contributed by atoms with Crippen LogP contribution in [0.4, 0.5) is 14.5 Å². The van der Waals surface area contributed by atoms with Gasteiger partial charge >= 0.3 is 0 Å². The first-order chi connectivity index (χ1) is 8.08. The zero-order valence-electron chi connectivity index (χ0n) is 10.3. The van der Waals surface area contributed by atoms with Crippen molar-refractivity contribution in [1.82, 2.24) is 0 Å². The number of nitrogens with one attached hydrogen (secondary N) is 1. The number of benzene rings is 1. The molecule has 0 aliphatic carbocycles. The van der Waals surface area contributed by atoms with Gasteiger partial charge in [-0.15, -0.1) is 0 Å². The number of anilines is 1. The van der Waals surface area contributed by atoms with Crippen molar-refractivity contribution in [1.29, 1.82) is 0 Å². The maximum absolute atomic E-state index is 13.4. The van der Waals surface area contributed by atoms with E-state index in [1.54, 1.807) is 0 Å². The van der Waals surface area contributed by atoms with Gasteiger partial charge in [-0.2, -0.15) is 0 Å². The third-order valence-electron chi connectivity index (χ3n) is 3.44. The van der Waals surface area contributed by atoms with Crippen LogP contribution in [0.25, 0.3) is 0 Å². The molecule has 4 heteroatoms. The van der Waals surface area contributed by atoms with Crippen molar-refractivity contribution in [3.63, 3.8) is 0 Å². The van der Waals surface area contributed by atoms with E-state index in [0.29, 0.717) is 6.54 Å². The zero-order valence-corrected chi connectivity index (χ0v) is 10.3. The van der Waals surface area contributed by atoms with Gasteiger partial charge in [-0.1, -0.05) is 19.9 Å². The lowest BCUT2D eigenvalue weighted by atomic mass is 9.83. The van der Waals surface area contributed by atoms with Crippen molar-refractivity contribution in [3.05, 3.63) is 29.8 Å². The van der Waals surface area contributed by atoms with Crippen molar-refractivity contribution in [3.8, 4) is 0 Å². The number of para-hydroxylation sites is 1. The van der Waals surface area contributed by atoms with Crippen molar-refractivity contribution in [2.75, 3.05) is 18.5 Å². The Morgan fingerprint density at radius 3 is 2.12 bits per heavy atom. The first-order valence-corrected chi connectivity index (χ1v) is 5.87. The van der Waals surface area contributed by atoms with E-state index in [9.17, 15) is 13.9 Å². The van der Waals surface area contributed by atoms with Crippen LogP contribution < -0.4 is 5.32 Å². The molecule has 0 heterocycles. The Balaban J connectivity index is 2.79. The van der Waals surface area contributed by atoms with Gasteiger partial charge in [-0.25, -0.2) is 8.78 Å².